The number of hydrogen-bond donors (Lipinski definition) is 1. The summed E-state index contributed by atoms with van der Waals surface area (Å²) in [6.07, 6.45) is 6.61. The standard InChI is InChI=1S/C18H28N4O3/c1-18(7-3-4-10-25-18)17(24)19-12-14-5-8-22(9-6-14)15-11-16(23)21(2)20-13-15/h11,13-14H,3-10,12H2,1-2H3,(H,19,24)/t18-/m1/s1. The molecule has 0 unspecified atom stereocenters. The molecule has 1 atom stereocenters. The minimum atomic E-state index is -0.658. The Kier molecular flexibility index (Phi) is 5.42. The van der Waals surface area contributed by atoms with E-state index in [0.717, 1.165) is 50.9 Å². The molecule has 0 spiro atoms. The third kappa shape index (κ3) is 4.21. The van der Waals surface area contributed by atoms with Crippen LogP contribution >= 0.6 is 0 Å². The summed E-state index contributed by atoms with van der Waals surface area (Å²) < 4.78 is 7.04. The van der Waals surface area contributed by atoms with Gasteiger partial charge in [0, 0.05) is 39.4 Å². The number of carbonyl (C=O) groups is 1. The molecule has 0 bridgehead atoms. The smallest absolute Gasteiger partial charge is 0.268 e. The third-order valence-corrected chi connectivity index (χ3v) is 5.43. The zero-order valence-corrected chi connectivity index (χ0v) is 15.2. The van der Waals surface area contributed by atoms with Crippen molar-refractivity contribution in [3.05, 3.63) is 22.6 Å². The first kappa shape index (κ1) is 17.9. The molecular weight excluding hydrogens is 320 g/mol. The second-order valence-corrected chi connectivity index (χ2v) is 7.35. The summed E-state index contributed by atoms with van der Waals surface area (Å²) >= 11 is 0. The molecule has 2 aliphatic rings. The fourth-order valence-electron chi connectivity index (χ4n) is 3.57. The molecule has 1 amide bonds. The number of nitrogens with one attached hydrogen (secondary N) is 1. The van der Waals surface area contributed by atoms with Crippen molar-refractivity contribution in [3.8, 4) is 0 Å². The fourth-order valence-corrected chi connectivity index (χ4v) is 3.57. The zero-order chi connectivity index (χ0) is 17.9. The molecule has 3 rings (SSSR count). The number of aromatic nitrogens is 2. The fraction of sp³-hybridized carbons (Fsp3) is 0.722. The lowest BCUT2D eigenvalue weighted by molar-refractivity contribution is -0.150. The molecule has 1 aromatic rings. The molecule has 0 radical (unpaired) electrons. The Balaban J connectivity index is 1.47. The largest absolute Gasteiger partial charge is 0.370 e. The number of nitrogens with zero attached hydrogens (tertiary/aromatic N) is 3. The Morgan fingerprint density at radius 1 is 1.40 bits per heavy atom. The average molecular weight is 348 g/mol. The van der Waals surface area contributed by atoms with Gasteiger partial charge in [0.2, 0.25) is 0 Å². The minimum absolute atomic E-state index is 0.0189. The van der Waals surface area contributed by atoms with Gasteiger partial charge in [-0.3, -0.25) is 9.59 Å². The van der Waals surface area contributed by atoms with Crippen molar-refractivity contribution in [1.82, 2.24) is 15.1 Å². The van der Waals surface area contributed by atoms with Crippen molar-refractivity contribution in [2.24, 2.45) is 13.0 Å². The predicted molar refractivity (Wildman–Crippen MR) is 95.6 cm³/mol. The molecule has 0 aliphatic carbocycles. The van der Waals surface area contributed by atoms with Gasteiger partial charge in [-0.1, -0.05) is 0 Å². The summed E-state index contributed by atoms with van der Waals surface area (Å²) in [6.45, 7) is 5.02. The highest BCUT2D eigenvalue weighted by molar-refractivity contribution is 5.84. The van der Waals surface area contributed by atoms with Crippen LogP contribution in [0.2, 0.25) is 0 Å². The number of piperidine rings is 1. The Labute approximate surface area is 148 Å². The quantitative estimate of drug-likeness (QED) is 0.881. The maximum atomic E-state index is 12.4. The van der Waals surface area contributed by atoms with Crippen LogP contribution in [0.25, 0.3) is 0 Å². The molecule has 25 heavy (non-hydrogen) atoms. The minimum Gasteiger partial charge on any atom is -0.370 e. The van der Waals surface area contributed by atoms with Crippen molar-refractivity contribution in [1.29, 1.82) is 0 Å². The molecule has 7 nitrogen and oxygen atoms in total. The number of anilines is 1. The second kappa shape index (κ2) is 7.56. The monoisotopic (exact) mass is 348 g/mol. The van der Waals surface area contributed by atoms with Gasteiger partial charge in [-0.15, -0.1) is 0 Å². The first-order valence-corrected chi connectivity index (χ1v) is 9.18. The van der Waals surface area contributed by atoms with Crippen molar-refractivity contribution in [3.63, 3.8) is 0 Å². The molecule has 7 heteroatoms. The van der Waals surface area contributed by atoms with E-state index in [9.17, 15) is 9.59 Å². The lowest BCUT2D eigenvalue weighted by Gasteiger charge is -2.35. The van der Waals surface area contributed by atoms with E-state index >= 15 is 0 Å². The predicted octanol–water partition coefficient (Wildman–Crippen LogP) is 1.07. The number of rotatable bonds is 4. The van der Waals surface area contributed by atoms with Gasteiger partial charge in [-0.05, 0) is 44.9 Å². The molecule has 1 aromatic heterocycles. The maximum absolute atomic E-state index is 12.4. The van der Waals surface area contributed by atoms with Gasteiger partial charge in [0.15, 0.2) is 0 Å². The van der Waals surface area contributed by atoms with E-state index in [1.54, 1.807) is 19.3 Å². The highest BCUT2D eigenvalue weighted by atomic mass is 16.5. The molecule has 0 saturated carbocycles. The highest BCUT2D eigenvalue weighted by Gasteiger charge is 2.36. The van der Waals surface area contributed by atoms with E-state index in [-0.39, 0.29) is 11.5 Å². The molecule has 2 fully saturated rings. The van der Waals surface area contributed by atoms with Crippen LogP contribution in [0, 0.1) is 5.92 Å². The van der Waals surface area contributed by atoms with Crippen LogP contribution in [0.3, 0.4) is 0 Å². The van der Waals surface area contributed by atoms with Crippen LogP contribution in [0.15, 0.2) is 17.1 Å². The Morgan fingerprint density at radius 2 is 2.16 bits per heavy atom. The van der Waals surface area contributed by atoms with E-state index in [2.05, 4.69) is 15.3 Å². The molecule has 3 heterocycles. The van der Waals surface area contributed by atoms with Crippen LogP contribution in [-0.4, -0.2) is 47.5 Å². The highest BCUT2D eigenvalue weighted by Crippen LogP contribution is 2.25. The van der Waals surface area contributed by atoms with Crippen LogP contribution in [0.1, 0.15) is 39.0 Å². The van der Waals surface area contributed by atoms with Crippen molar-refractivity contribution >= 4 is 11.6 Å². The Morgan fingerprint density at radius 3 is 2.80 bits per heavy atom. The molecule has 2 aliphatic heterocycles. The maximum Gasteiger partial charge on any atom is 0.268 e. The lowest BCUT2D eigenvalue weighted by atomic mass is 9.93. The molecule has 2 saturated heterocycles. The Bertz CT molecular complexity index is 659. The summed E-state index contributed by atoms with van der Waals surface area (Å²) in [5.74, 6) is 0.484. The summed E-state index contributed by atoms with van der Waals surface area (Å²) in [7, 11) is 1.65. The van der Waals surface area contributed by atoms with E-state index in [1.807, 2.05) is 6.92 Å². The number of carbonyl (C=O) groups excluding carboxylic acids is 1. The van der Waals surface area contributed by atoms with Gasteiger partial charge in [0.05, 0.1) is 11.9 Å². The number of hydrogen-bond acceptors (Lipinski definition) is 5. The Hall–Kier alpha value is -1.89. The first-order valence-electron chi connectivity index (χ1n) is 9.18. The SMILES string of the molecule is Cn1ncc(N2CCC(CNC(=O)[C@@]3(C)CCCCO3)CC2)cc1=O. The van der Waals surface area contributed by atoms with Crippen molar-refractivity contribution in [2.45, 2.75) is 44.6 Å². The second-order valence-electron chi connectivity index (χ2n) is 7.35. The van der Waals surface area contributed by atoms with E-state index in [4.69, 9.17) is 4.74 Å². The van der Waals surface area contributed by atoms with Crippen molar-refractivity contribution in [2.75, 3.05) is 31.1 Å². The van der Waals surface area contributed by atoms with Gasteiger partial charge in [0.1, 0.15) is 5.60 Å². The first-order chi connectivity index (χ1) is 12.0. The van der Waals surface area contributed by atoms with Gasteiger partial charge in [0.25, 0.3) is 11.5 Å². The van der Waals surface area contributed by atoms with Gasteiger partial charge >= 0.3 is 0 Å². The summed E-state index contributed by atoms with van der Waals surface area (Å²) in [6, 6.07) is 1.64. The van der Waals surface area contributed by atoms with E-state index < -0.39 is 5.60 Å². The summed E-state index contributed by atoms with van der Waals surface area (Å²) in [4.78, 5) is 26.3. The van der Waals surface area contributed by atoms with Gasteiger partial charge < -0.3 is 15.0 Å². The molecule has 0 aromatic carbocycles. The van der Waals surface area contributed by atoms with Gasteiger partial charge in [-0.2, -0.15) is 5.10 Å². The average Bonchev–Trinajstić information content (AvgIpc) is 2.63. The van der Waals surface area contributed by atoms with Crippen molar-refractivity contribution < 1.29 is 9.53 Å². The van der Waals surface area contributed by atoms with Crippen LogP contribution < -0.4 is 15.8 Å². The lowest BCUT2D eigenvalue weighted by Crippen LogP contribution is -2.50. The number of aryl methyl sites for hydroxylation is 1. The zero-order valence-electron chi connectivity index (χ0n) is 15.2. The van der Waals surface area contributed by atoms with Crippen LogP contribution in [-0.2, 0) is 16.6 Å². The van der Waals surface area contributed by atoms with Crippen LogP contribution in [0.5, 0.6) is 0 Å². The van der Waals surface area contributed by atoms with E-state index in [0.29, 0.717) is 19.1 Å². The molecule has 138 valence electrons. The summed E-state index contributed by atoms with van der Waals surface area (Å²) in [5.41, 5.74) is 0.135. The van der Waals surface area contributed by atoms with Gasteiger partial charge in [-0.25, -0.2) is 4.68 Å². The summed E-state index contributed by atoms with van der Waals surface area (Å²) in [5, 5.41) is 7.17. The van der Waals surface area contributed by atoms with Crippen LogP contribution in [0.4, 0.5) is 5.69 Å². The number of ether oxygens (including phenoxy) is 1. The molecular formula is C18H28N4O3. The topological polar surface area (TPSA) is 76.5 Å². The third-order valence-electron chi connectivity index (χ3n) is 5.43. The normalized spacial score (nSPS) is 25.0. The molecule has 1 N–H and O–H groups in total. The number of amides is 1. The van der Waals surface area contributed by atoms with E-state index in [1.165, 1.54) is 4.68 Å².